The van der Waals surface area contributed by atoms with E-state index in [1.165, 1.54) is 25.1 Å². The molecule has 1 heterocycles. The van der Waals surface area contributed by atoms with Gasteiger partial charge in [-0.2, -0.15) is 13.2 Å². The molecule has 1 rings (SSSR count). The quantitative estimate of drug-likeness (QED) is 0.831. The third-order valence-corrected chi connectivity index (χ3v) is 2.33. The molecule has 1 atom stereocenters. The first kappa shape index (κ1) is 16.7. The first-order valence-electron chi connectivity index (χ1n) is 5.86. The van der Waals surface area contributed by atoms with Crippen LogP contribution in [-0.4, -0.2) is 41.3 Å². The van der Waals surface area contributed by atoms with E-state index in [0.717, 1.165) is 0 Å². The number of nitrogens with one attached hydrogen (secondary N) is 1. The van der Waals surface area contributed by atoms with E-state index in [2.05, 4.69) is 15.0 Å². The van der Waals surface area contributed by atoms with Gasteiger partial charge in [-0.3, -0.25) is 9.59 Å². The second-order valence-electron chi connectivity index (χ2n) is 4.21. The molecule has 0 bridgehead atoms. The minimum atomic E-state index is -4.50. The van der Waals surface area contributed by atoms with Crippen LogP contribution in [0, 0.1) is 5.92 Å². The van der Waals surface area contributed by atoms with Crippen molar-refractivity contribution in [1.82, 2.24) is 10.3 Å². The largest absolute Gasteiger partial charge is 0.481 e. The molecule has 1 aromatic heterocycles. The molecule has 0 aliphatic rings. The highest BCUT2D eigenvalue weighted by Crippen LogP contribution is 2.17. The summed E-state index contributed by atoms with van der Waals surface area (Å²) in [4.78, 5) is 25.9. The van der Waals surface area contributed by atoms with E-state index >= 15 is 0 Å². The number of pyridine rings is 1. The number of alkyl halides is 3. The Bertz CT molecular complexity index is 519. The van der Waals surface area contributed by atoms with Crippen LogP contribution in [-0.2, 0) is 4.79 Å². The molecule has 9 heteroatoms. The molecule has 6 nitrogen and oxygen atoms in total. The van der Waals surface area contributed by atoms with Crippen molar-refractivity contribution in [2.24, 2.45) is 5.92 Å². The van der Waals surface area contributed by atoms with Crippen LogP contribution in [0.3, 0.4) is 0 Å². The summed E-state index contributed by atoms with van der Waals surface area (Å²) in [7, 11) is 0. The van der Waals surface area contributed by atoms with E-state index in [0.29, 0.717) is 0 Å². The normalized spacial score (nSPS) is 12.6. The fourth-order valence-electron chi connectivity index (χ4n) is 1.20. The van der Waals surface area contributed by atoms with Crippen molar-refractivity contribution in [3.8, 4) is 5.88 Å². The Balaban J connectivity index is 2.62. The van der Waals surface area contributed by atoms with Gasteiger partial charge in [0.05, 0.1) is 5.92 Å². The number of ether oxygens (including phenoxy) is 1. The zero-order chi connectivity index (χ0) is 16.0. The van der Waals surface area contributed by atoms with Crippen LogP contribution in [0.15, 0.2) is 18.2 Å². The molecule has 2 N–H and O–H groups in total. The second kappa shape index (κ2) is 6.91. The molecular weight excluding hydrogens is 293 g/mol. The molecule has 0 saturated carbocycles. The fourth-order valence-corrected chi connectivity index (χ4v) is 1.20. The van der Waals surface area contributed by atoms with Crippen molar-refractivity contribution in [2.75, 3.05) is 13.2 Å². The number of hydrogen-bond donors (Lipinski definition) is 2. The van der Waals surface area contributed by atoms with Gasteiger partial charge in [0.25, 0.3) is 5.91 Å². The Labute approximate surface area is 117 Å². The number of halogens is 3. The maximum absolute atomic E-state index is 12.0. The molecular formula is C12H13F3N2O4. The smallest absolute Gasteiger partial charge is 0.422 e. The molecule has 0 aromatic carbocycles. The molecule has 0 aliphatic heterocycles. The van der Waals surface area contributed by atoms with Crippen LogP contribution >= 0.6 is 0 Å². The zero-order valence-corrected chi connectivity index (χ0v) is 11.0. The highest BCUT2D eigenvalue weighted by Gasteiger charge is 2.28. The lowest BCUT2D eigenvalue weighted by atomic mass is 10.2. The number of aliphatic carboxylic acids is 1. The maximum atomic E-state index is 12.0. The van der Waals surface area contributed by atoms with Gasteiger partial charge in [-0.15, -0.1) is 0 Å². The highest BCUT2D eigenvalue weighted by molar-refractivity contribution is 5.92. The van der Waals surface area contributed by atoms with Gasteiger partial charge in [0.15, 0.2) is 6.61 Å². The zero-order valence-electron chi connectivity index (χ0n) is 11.0. The first-order chi connectivity index (χ1) is 9.69. The second-order valence-corrected chi connectivity index (χ2v) is 4.21. The van der Waals surface area contributed by atoms with Crippen molar-refractivity contribution in [2.45, 2.75) is 13.1 Å². The van der Waals surface area contributed by atoms with Gasteiger partial charge >= 0.3 is 12.1 Å². The van der Waals surface area contributed by atoms with Crippen LogP contribution in [0.4, 0.5) is 13.2 Å². The van der Waals surface area contributed by atoms with Crippen LogP contribution in [0.5, 0.6) is 5.88 Å². The predicted molar refractivity (Wildman–Crippen MR) is 64.9 cm³/mol. The summed E-state index contributed by atoms with van der Waals surface area (Å²) in [6, 6.07) is 3.78. The van der Waals surface area contributed by atoms with Gasteiger partial charge in [-0.1, -0.05) is 13.0 Å². The van der Waals surface area contributed by atoms with E-state index in [4.69, 9.17) is 5.11 Å². The average molecular weight is 306 g/mol. The molecule has 116 valence electrons. The third kappa shape index (κ3) is 6.11. The van der Waals surface area contributed by atoms with E-state index in [1.807, 2.05) is 0 Å². The molecule has 1 amide bonds. The SMILES string of the molecule is CC(CNC(=O)c1cccc(OCC(F)(F)F)n1)C(=O)O. The molecule has 21 heavy (non-hydrogen) atoms. The maximum Gasteiger partial charge on any atom is 0.422 e. The lowest BCUT2D eigenvalue weighted by Gasteiger charge is -2.10. The number of amides is 1. The fraction of sp³-hybridized carbons (Fsp3) is 0.417. The molecule has 0 aliphatic carbocycles. The topological polar surface area (TPSA) is 88.5 Å². The summed E-state index contributed by atoms with van der Waals surface area (Å²) in [6.45, 7) is -0.233. The molecule has 0 fully saturated rings. The first-order valence-corrected chi connectivity index (χ1v) is 5.86. The van der Waals surface area contributed by atoms with Gasteiger partial charge in [0.2, 0.25) is 5.88 Å². The van der Waals surface area contributed by atoms with Crippen LogP contribution in [0.2, 0.25) is 0 Å². The number of hydrogen-bond acceptors (Lipinski definition) is 4. The lowest BCUT2D eigenvalue weighted by molar-refractivity contribution is -0.154. The minimum absolute atomic E-state index is 0.122. The van der Waals surface area contributed by atoms with E-state index in [1.54, 1.807) is 0 Å². The molecule has 0 saturated heterocycles. The number of carbonyl (C=O) groups is 2. The summed E-state index contributed by atoms with van der Waals surface area (Å²) in [5, 5.41) is 11.0. The Morgan fingerprint density at radius 1 is 1.43 bits per heavy atom. The average Bonchev–Trinajstić information content (AvgIpc) is 2.41. The number of rotatable bonds is 6. The van der Waals surface area contributed by atoms with Gasteiger partial charge in [0, 0.05) is 12.6 Å². The van der Waals surface area contributed by atoms with E-state index in [-0.39, 0.29) is 18.1 Å². The monoisotopic (exact) mass is 306 g/mol. The molecule has 0 spiro atoms. The van der Waals surface area contributed by atoms with Crippen molar-refractivity contribution in [3.63, 3.8) is 0 Å². The number of carboxylic acids is 1. The molecule has 1 aromatic rings. The van der Waals surface area contributed by atoms with Crippen molar-refractivity contribution in [1.29, 1.82) is 0 Å². The van der Waals surface area contributed by atoms with E-state index < -0.39 is 30.6 Å². The van der Waals surface area contributed by atoms with Crippen LogP contribution in [0.1, 0.15) is 17.4 Å². The van der Waals surface area contributed by atoms with Gasteiger partial charge < -0.3 is 15.2 Å². The Hall–Kier alpha value is -2.32. The number of carboxylic acid groups (broad SMARTS) is 1. The predicted octanol–water partition coefficient (Wildman–Crippen LogP) is 1.47. The number of nitrogens with zero attached hydrogens (tertiary/aromatic N) is 1. The Morgan fingerprint density at radius 2 is 2.10 bits per heavy atom. The lowest BCUT2D eigenvalue weighted by Crippen LogP contribution is -2.32. The summed E-state index contributed by atoms with van der Waals surface area (Å²) in [6.07, 6.45) is -4.50. The van der Waals surface area contributed by atoms with Crippen molar-refractivity contribution >= 4 is 11.9 Å². The van der Waals surface area contributed by atoms with Gasteiger partial charge in [0.1, 0.15) is 5.69 Å². The van der Waals surface area contributed by atoms with Crippen molar-refractivity contribution in [3.05, 3.63) is 23.9 Å². The molecule has 0 radical (unpaired) electrons. The Kier molecular flexibility index (Phi) is 5.51. The third-order valence-electron chi connectivity index (χ3n) is 2.33. The summed E-state index contributed by atoms with van der Waals surface area (Å²) in [5.74, 6) is -2.91. The van der Waals surface area contributed by atoms with Gasteiger partial charge in [-0.25, -0.2) is 4.98 Å². The van der Waals surface area contributed by atoms with Gasteiger partial charge in [-0.05, 0) is 6.07 Å². The summed E-state index contributed by atoms with van der Waals surface area (Å²) < 4.78 is 40.4. The van der Waals surface area contributed by atoms with E-state index in [9.17, 15) is 22.8 Å². The Morgan fingerprint density at radius 3 is 2.67 bits per heavy atom. The number of aromatic nitrogens is 1. The number of carbonyl (C=O) groups excluding carboxylic acids is 1. The van der Waals surface area contributed by atoms with Crippen LogP contribution < -0.4 is 10.1 Å². The highest BCUT2D eigenvalue weighted by atomic mass is 19.4. The standard InChI is InChI=1S/C12H13F3N2O4/c1-7(11(19)20)5-16-10(18)8-3-2-4-9(17-8)21-6-12(13,14)15/h2-4,7H,5-6H2,1H3,(H,16,18)(H,19,20). The summed E-state index contributed by atoms with van der Waals surface area (Å²) >= 11 is 0. The van der Waals surface area contributed by atoms with Crippen molar-refractivity contribution < 1.29 is 32.6 Å². The van der Waals surface area contributed by atoms with Crippen LogP contribution in [0.25, 0.3) is 0 Å². The minimum Gasteiger partial charge on any atom is -0.481 e. The molecule has 1 unspecified atom stereocenters. The summed E-state index contributed by atoms with van der Waals surface area (Å²) in [5.41, 5.74) is -0.160.